The molecule has 2 unspecified atom stereocenters. The van der Waals surface area contributed by atoms with E-state index in [9.17, 15) is 0 Å². The molecular formula is C17H26BrNO. The van der Waals surface area contributed by atoms with E-state index in [2.05, 4.69) is 47.2 Å². The van der Waals surface area contributed by atoms with E-state index >= 15 is 0 Å². The second-order valence-corrected chi connectivity index (χ2v) is 6.84. The van der Waals surface area contributed by atoms with Gasteiger partial charge < -0.3 is 10.1 Å². The lowest BCUT2D eigenvalue weighted by atomic mass is 9.85. The Morgan fingerprint density at radius 1 is 1.35 bits per heavy atom. The highest BCUT2D eigenvalue weighted by Crippen LogP contribution is 2.34. The van der Waals surface area contributed by atoms with Crippen molar-refractivity contribution in [1.29, 1.82) is 0 Å². The average Bonchev–Trinajstić information content (AvgIpc) is 2.43. The second kappa shape index (κ2) is 7.46. The summed E-state index contributed by atoms with van der Waals surface area (Å²) in [7, 11) is 1.98. The van der Waals surface area contributed by atoms with Gasteiger partial charge in [0.25, 0.3) is 0 Å². The average molecular weight is 340 g/mol. The van der Waals surface area contributed by atoms with Gasteiger partial charge in [0.2, 0.25) is 0 Å². The zero-order chi connectivity index (χ0) is 14.5. The topological polar surface area (TPSA) is 21.3 Å². The first-order valence-corrected chi connectivity index (χ1v) is 8.53. The summed E-state index contributed by atoms with van der Waals surface area (Å²) in [6.45, 7) is 5.28. The van der Waals surface area contributed by atoms with Crippen molar-refractivity contribution in [1.82, 2.24) is 5.32 Å². The summed E-state index contributed by atoms with van der Waals surface area (Å²) < 4.78 is 7.52. The van der Waals surface area contributed by atoms with Gasteiger partial charge in [0.05, 0.1) is 6.10 Å². The van der Waals surface area contributed by atoms with Gasteiger partial charge in [-0.25, -0.2) is 0 Å². The maximum atomic E-state index is 6.40. The Labute approximate surface area is 131 Å². The number of ether oxygens (including phenoxy) is 1. The Kier molecular flexibility index (Phi) is 5.91. The summed E-state index contributed by atoms with van der Waals surface area (Å²) >= 11 is 3.58. The maximum Gasteiger partial charge on any atom is 0.127 e. The molecule has 1 N–H and O–H groups in total. The van der Waals surface area contributed by atoms with E-state index in [0.29, 0.717) is 6.10 Å². The molecule has 0 amide bonds. The number of nitrogens with one attached hydrogen (secondary N) is 1. The molecule has 0 radical (unpaired) electrons. The minimum atomic E-state index is 0.393. The van der Waals surface area contributed by atoms with Crippen molar-refractivity contribution >= 4 is 15.9 Å². The van der Waals surface area contributed by atoms with Crippen molar-refractivity contribution in [2.24, 2.45) is 5.92 Å². The molecule has 112 valence electrons. The van der Waals surface area contributed by atoms with Gasteiger partial charge in [-0.15, -0.1) is 0 Å². The molecule has 2 rings (SSSR count). The van der Waals surface area contributed by atoms with Crippen LogP contribution in [0.5, 0.6) is 5.75 Å². The van der Waals surface area contributed by atoms with Gasteiger partial charge in [-0.2, -0.15) is 0 Å². The fourth-order valence-electron chi connectivity index (χ4n) is 3.18. The molecule has 0 saturated heterocycles. The molecule has 3 heteroatoms. The van der Waals surface area contributed by atoms with Gasteiger partial charge in [-0.05, 0) is 56.8 Å². The van der Waals surface area contributed by atoms with Crippen LogP contribution in [0, 0.1) is 12.8 Å². The van der Waals surface area contributed by atoms with Gasteiger partial charge in [-0.1, -0.05) is 35.7 Å². The van der Waals surface area contributed by atoms with Gasteiger partial charge in [-0.3, -0.25) is 0 Å². The lowest BCUT2D eigenvalue weighted by Gasteiger charge is -2.30. The van der Waals surface area contributed by atoms with Crippen LogP contribution in [-0.4, -0.2) is 13.2 Å². The molecule has 20 heavy (non-hydrogen) atoms. The first kappa shape index (κ1) is 15.8. The molecule has 1 fully saturated rings. The first-order chi connectivity index (χ1) is 9.63. The highest BCUT2D eigenvalue weighted by molar-refractivity contribution is 9.10. The normalized spacial score (nSPS) is 22.8. The molecule has 2 nitrogen and oxygen atoms in total. The van der Waals surface area contributed by atoms with E-state index in [1.165, 1.54) is 43.2 Å². The van der Waals surface area contributed by atoms with E-state index in [-0.39, 0.29) is 0 Å². The molecule has 1 aromatic carbocycles. The standard InChI is InChI=1S/C17H26BrNO/c1-4-13-6-5-7-16(9-13)20-17-12(2)8-15(18)10-14(17)11-19-3/h8,10,13,16,19H,4-7,9,11H2,1-3H3. The van der Waals surface area contributed by atoms with Crippen LogP contribution in [-0.2, 0) is 6.54 Å². The number of hydrogen-bond donors (Lipinski definition) is 1. The van der Waals surface area contributed by atoms with Gasteiger partial charge >= 0.3 is 0 Å². The van der Waals surface area contributed by atoms with Gasteiger partial charge in [0.1, 0.15) is 5.75 Å². The van der Waals surface area contributed by atoms with Gasteiger partial charge in [0, 0.05) is 16.6 Å². The van der Waals surface area contributed by atoms with Crippen LogP contribution >= 0.6 is 15.9 Å². The van der Waals surface area contributed by atoms with Crippen molar-refractivity contribution < 1.29 is 4.74 Å². The summed E-state index contributed by atoms with van der Waals surface area (Å²) in [4.78, 5) is 0. The lowest BCUT2D eigenvalue weighted by Crippen LogP contribution is -2.26. The zero-order valence-corrected chi connectivity index (χ0v) is 14.4. The molecule has 0 aromatic heterocycles. The largest absolute Gasteiger partial charge is 0.490 e. The molecular weight excluding hydrogens is 314 g/mol. The summed E-state index contributed by atoms with van der Waals surface area (Å²) in [6, 6.07) is 4.31. The first-order valence-electron chi connectivity index (χ1n) is 7.74. The van der Waals surface area contributed by atoms with Crippen LogP contribution < -0.4 is 10.1 Å². The summed E-state index contributed by atoms with van der Waals surface area (Å²) in [5, 5.41) is 3.24. The van der Waals surface area contributed by atoms with E-state index in [0.717, 1.165) is 22.7 Å². The van der Waals surface area contributed by atoms with Crippen molar-refractivity contribution in [3.05, 3.63) is 27.7 Å². The molecule has 1 aromatic rings. The molecule has 0 aliphatic heterocycles. The van der Waals surface area contributed by atoms with E-state index < -0.39 is 0 Å². The Balaban J connectivity index is 2.15. The molecule has 1 saturated carbocycles. The van der Waals surface area contributed by atoms with Crippen LogP contribution in [0.1, 0.15) is 50.2 Å². The highest BCUT2D eigenvalue weighted by atomic mass is 79.9. The molecule has 0 spiro atoms. The Morgan fingerprint density at radius 2 is 2.15 bits per heavy atom. The smallest absolute Gasteiger partial charge is 0.127 e. The van der Waals surface area contributed by atoms with Crippen LogP contribution in [0.2, 0.25) is 0 Å². The highest BCUT2D eigenvalue weighted by Gasteiger charge is 2.23. The van der Waals surface area contributed by atoms with Crippen molar-refractivity contribution in [3.8, 4) is 5.75 Å². The number of aryl methyl sites for hydroxylation is 1. The predicted octanol–water partition coefficient (Wildman–Crippen LogP) is 4.82. The van der Waals surface area contributed by atoms with Crippen molar-refractivity contribution in [2.45, 2.75) is 58.6 Å². The monoisotopic (exact) mass is 339 g/mol. The number of halogens is 1. The molecule has 0 bridgehead atoms. The lowest BCUT2D eigenvalue weighted by molar-refractivity contribution is 0.120. The van der Waals surface area contributed by atoms with Gasteiger partial charge in [0.15, 0.2) is 0 Å². The van der Waals surface area contributed by atoms with Crippen molar-refractivity contribution in [3.63, 3.8) is 0 Å². The van der Waals surface area contributed by atoms with Crippen LogP contribution in [0.15, 0.2) is 16.6 Å². The van der Waals surface area contributed by atoms with E-state index in [1.807, 2.05) is 7.05 Å². The second-order valence-electron chi connectivity index (χ2n) is 5.92. The number of rotatable bonds is 5. The molecule has 0 heterocycles. The Bertz CT molecular complexity index is 447. The summed E-state index contributed by atoms with van der Waals surface area (Å²) in [6.07, 6.45) is 6.77. The minimum Gasteiger partial charge on any atom is -0.490 e. The van der Waals surface area contributed by atoms with Crippen LogP contribution in [0.3, 0.4) is 0 Å². The number of hydrogen-bond acceptors (Lipinski definition) is 2. The number of benzene rings is 1. The third-order valence-corrected chi connectivity index (χ3v) is 4.74. The fourth-order valence-corrected chi connectivity index (χ4v) is 3.80. The third kappa shape index (κ3) is 3.98. The third-order valence-electron chi connectivity index (χ3n) is 4.28. The van der Waals surface area contributed by atoms with E-state index in [4.69, 9.17) is 4.74 Å². The predicted molar refractivity (Wildman–Crippen MR) is 88.3 cm³/mol. The Hall–Kier alpha value is -0.540. The van der Waals surface area contributed by atoms with Crippen LogP contribution in [0.4, 0.5) is 0 Å². The molecule has 1 aliphatic carbocycles. The minimum absolute atomic E-state index is 0.393. The van der Waals surface area contributed by atoms with Crippen LogP contribution in [0.25, 0.3) is 0 Å². The van der Waals surface area contributed by atoms with Crippen molar-refractivity contribution in [2.75, 3.05) is 7.05 Å². The maximum absolute atomic E-state index is 6.40. The zero-order valence-electron chi connectivity index (χ0n) is 12.8. The quantitative estimate of drug-likeness (QED) is 0.829. The summed E-state index contributed by atoms with van der Waals surface area (Å²) in [5.41, 5.74) is 2.47. The summed E-state index contributed by atoms with van der Waals surface area (Å²) in [5.74, 6) is 1.93. The van der Waals surface area contributed by atoms with E-state index in [1.54, 1.807) is 0 Å². The molecule has 2 atom stereocenters. The Morgan fingerprint density at radius 3 is 2.85 bits per heavy atom. The SMILES string of the molecule is CCC1CCCC(Oc2c(C)cc(Br)cc2CNC)C1. The molecule has 1 aliphatic rings. The fraction of sp³-hybridized carbons (Fsp3) is 0.647.